The summed E-state index contributed by atoms with van der Waals surface area (Å²) in [4.78, 5) is 11.1. The highest BCUT2D eigenvalue weighted by Crippen LogP contribution is 2.23. The number of nitrogens with one attached hydrogen (secondary N) is 2. The van der Waals surface area contributed by atoms with Gasteiger partial charge in [0, 0.05) is 32.1 Å². The number of piperidine rings is 2. The molecule has 0 unspecified atom stereocenters. The van der Waals surface area contributed by atoms with E-state index in [2.05, 4.69) is 23.9 Å². The maximum absolute atomic E-state index is 12.3. The number of hydrogen-bond donors (Lipinski definition) is 2. The smallest absolute Gasteiger partial charge is 0.279 e. The summed E-state index contributed by atoms with van der Waals surface area (Å²) in [6.45, 7) is 5.71. The molecule has 110 valence electrons. The summed E-state index contributed by atoms with van der Waals surface area (Å²) in [6, 6.07) is -0.185. The average molecular weight is 289 g/mol. The van der Waals surface area contributed by atoms with E-state index in [0.717, 1.165) is 6.42 Å². The Bertz CT molecular complexity index is 418. The Morgan fingerprint density at radius 3 is 2.42 bits per heavy atom. The standard InChI is InChI=1S/C12H23N3O3S/c1-9-5-10(2)8-15(7-9)19(17,18)14-11-3-4-12(16)13-6-11/h9-11,14H,3-8H2,1-2H3,(H,13,16)/t9-,10-,11+/m1/s1. The number of hydrogen-bond acceptors (Lipinski definition) is 3. The molecule has 0 radical (unpaired) electrons. The molecule has 19 heavy (non-hydrogen) atoms. The van der Waals surface area contributed by atoms with Crippen LogP contribution in [-0.4, -0.2) is 44.3 Å². The molecular weight excluding hydrogens is 266 g/mol. The summed E-state index contributed by atoms with van der Waals surface area (Å²) in [6.07, 6.45) is 2.04. The highest BCUT2D eigenvalue weighted by molar-refractivity contribution is 7.87. The van der Waals surface area contributed by atoms with E-state index in [9.17, 15) is 13.2 Å². The van der Waals surface area contributed by atoms with Gasteiger partial charge in [0.1, 0.15) is 0 Å². The van der Waals surface area contributed by atoms with Gasteiger partial charge < -0.3 is 5.32 Å². The quantitative estimate of drug-likeness (QED) is 0.772. The van der Waals surface area contributed by atoms with Crippen LogP contribution in [0.3, 0.4) is 0 Å². The second-order valence-corrected chi connectivity index (χ2v) is 7.63. The SMILES string of the molecule is C[C@@H]1C[C@@H](C)CN(S(=O)(=O)N[C@H]2CCC(=O)NC2)C1. The molecule has 7 heteroatoms. The predicted molar refractivity (Wildman–Crippen MR) is 72.6 cm³/mol. The predicted octanol–water partition coefficient (Wildman–Crippen LogP) is 0.0773. The Morgan fingerprint density at radius 2 is 1.89 bits per heavy atom. The molecule has 0 spiro atoms. The molecule has 0 aromatic rings. The minimum absolute atomic E-state index is 0.00401. The first-order valence-corrected chi connectivity index (χ1v) is 8.35. The van der Waals surface area contributed by atoms with Crippen molar-refractivity contribution in [2.45, 2.75) is 39.2 Å². The fraction of sp³-hybridized carbons (Fsp3) is 0.917. The van der Waals surface area contributed by atoms with Gasteiger partial charge in [-0.25, -0.2) is 0 Å². The summed E-state index contributed by atoms with van der Waals surface area (Å²) in [5, 5.41) is 2.69. The molecule has 2 rings (SSSR count). The topological polar surface area (TPSA) is 78.5 Å². The molecule has 2 N–H and O–H groups in total. The average Bonchev–Trinajstić information content (AvgIpc) is 2.31. The molecule has 0 saturated carbocycles. The van der Waals surface area contributed by atoms with Gasteiger partial charge in [-0.1, -0.05) is 13.8 Å². The fourth-order valence-electron chi connectivity index (χ4n) is 2.92. The third kappa shape index (κ3) is 3.90. The first kappa shape index (κ1) is 14.7. The summed E-state index contributed by atoms with van der Waals surface area (Å²) >= 11 is 0. The van der Waals surface area contributed by atoms with Crippen LogP contribution in [0, 0.1) is 11.8 Å². The number of rotatable bonds is 3. The molecular formula is C12H23N3O3S. The maximum Gasteiger partial charge on any atom is 0.279 e. The van der Waals surface area contributed by atoms with Crippen molar-refractivity contribution in [3.8, 4) is 0 Å². The van der Waals surface area contributed by atoms with Crippen LogP contribution in [-0.2, 0) is 15.0 Å². The van der Waals surface area contributed by atoms with Gasteiger partial charge in [-0.15, -0.1) is 0 Å². The highest BCUT2D eigenvalue weighted by Gasteiger charge is 2.32. The van der Waals surface area contributed by atoms with Crippen molar-refractivity contribution < 1.29 is 13.2 Å². The van der Waals surface area contributed by atoms with Gasteiger partial charge in [0.15, 0.2) is 0 Å². The summed E-state index contributed by atoms with van der Waals surface area (Å²) in [5.41, 5.74) is 0. The van der Waals surface area contributed by atoms with E-state index in [4.69, 9.17) is 0 Å². The Labute approximate surface area is 115 Å². The van der Waals surface area contributed by atoms with Gasteiger partial charge in [0.25, 0.3) is 10.2 Å². The minimum atomic E-state index is -3.43. The van der Waals surface area contributed by atoms with Crippen molar-refractivity contribution in [2.24, 2.45) is 11.8 Å². The Kier molecular flexibility index (Phi) is 4.47. The van der Waals surface area contributed by atoms with Crippen molar-refractivity contribution in [1.29, 1.82) is 0 Å². The van der Waals surface area contributed by atoms with Crippen LogP contribution in [0.25, 0.3) is 0 Å². The van der Waals surface area contributed by atoms with Crippen molar-refractivity contribution in [3.05, 3.63) is 0 Å². The minimum Gasteiger partial charge on any atom is -0.355 e. The molecule has 0 aromatic heterocycles. The lowest BCUT2D eigenvalue weighted by Crippen LogP contribution is -2.54. The van der Waals surface area contributed by atoms with E-state index in [0.29, 0.717) is 44.3 Å². The molecule has 2 fully saturated rings. The van der Waals surface area contributed by atoms with Gasteiger partial charge in [0.05, 0.1) is 0 Å². The summed E-state index contributed by atoms with van der Waals surface area (Å²) in [7, 11) is -3.43. The summed E-state index contributed by atoms with van der Waals surface area (Å²) < 4.78 is 28.9. The zero-order valence-electron chi connectivity index (χ0n) is 11.6. The Morgan fingerprint density at radius 1 is 1.26 bits per heavy atom. The normalized spacial score (nSPS) is 34.0. The fourth-order valence-corrected chi connectivity index (χ4v) is 4.59. The molecule has 0 bridgehead atoms. The van der Waals surface area contributed by atoms with Crippen molar-refractivity contribution in [3.63, 3.8) is 0 Å². The first-order valence-electron chi connectivity index (χ1n) is 6.91. The van der Waals surface area contributed by atoms with Gasteiger partial charge in [-0.3, -0.25) is 4.79 Å². The molecule has 2 aliphatic rings. The Hall–Kier alpha value is -0.660. The molecule has 0 aliphatic carbocycles. The van der Waals surface area contributed by atoms with E-state index < -0.39 is 10.2 Å². The third-order valence-corrected chi connectivity index (χ3v) is 5.37. The maximum atomic E-state index is 12.3. The molecule has 0 aromatic carbocycles. The Balaban J connectivity index is 1.96. The lowest BCUT2D eigenvalue weighted by Gasteiger charge is -2.35. The van der Waals surface area contributed by atoms with Gasteiger partial charge >= 0.3 is 0 Å². The summed E-state index contributed by atoms with van der Waals surface area (Å²) in [5.74, 6) is 0.786. The van der Waals surface area contributed by atoms with Crippen LogP contribution in [0.1, 0.15) is 33.1 Å². The van der Waals surface area contributed by atoms with Crippen LogP contribution in [0.2, 0.25) is 0 Å². The van der Waals surface area contributed by atoms with Crippen molar-refractivity contribution >= 4 is 16.1 Å². The van der Waals surface area contributed by atoms with Crippen LogP contribution in [0.15, 0.2) is 0 Å². The number of carbonyl (C=O) groups excluding carboxylic acids is 1. The zero-order valence-corrected chi connectivity index (χ0v) is 12.4. The van der Waals surface area contributed by atoms with Gasteiger partial charge in [0.2, 0.25) is 5.91 Å². The van der Waals surface area contributed by atoms with E-state index >= 15 is 0 Å². The zero-order chi connectivity index (χ0) is 14.0. The molecule has 2 saturated heterocycles. The van der Waals surface area contributed by atoms with Gasteiger partial charge in [-0.05, 0) is 24.7 Å². The van der Waals surface area contributed by atoms with Crippen molar-refractivity contribution in [2.75, 3.05) is 19.6 Å². The van der Waals surface area contributed by atoms with Gasteiger partial charge in [-0.2, -0.15) is 17.4 Å². The van der Waals surface area contributed by atoms with E-state index in [-0.39, 0.29) is 11.9 Å². The lowest BCUT2D eigenvalue weighted by atomic mass is 9.94. The number of carbonyl (C=O) groups is 1. The lowest BCUT2D eigenvalue weighted by molar-refractivity contribution is -0.122. The molecule has 3 atom stereocenters. The van der Waals surface area contributed by atoms with Crippen molar-refractivity contribution in [1.82, 2.24) is 14.3 Å². The number of amides is 1. The van der Waals surface area contributed by atoms with Crippen LogP contribution >= 0.6 is 0 Å². The highest BCUT2D eigenvalue weighted by atomic mass is 32.2. The molecule has 6 nitrogen and oxygen atoms in total. The van der Waals surface area contributed by atoms with E-state index in [1.165, 1.54) is 0 Å². The number of nitrogens with zero attached hydrogens (tertiary/aromatic N) is 1. The first-order chi connectivity index (χ1) is 8.87. The molecule has 2 aliphatic heterocycles. The van der Waals surface area contributed by atoms with E-state index in [1.54, 1.807) is 4.31 Å². The second kappa shape index (κ2) is 5.76. The third-order valence-electron chi connectivity index (χ3n) is 3.76. The van der Waals surface area contributed by atoms with Crippen LogP contribution in [0.5, 0.6) is 0 Å². The molecule has 2 heterocycles. The van der Waals surface area contributed by atoms with Crippen LogP contribution < -0.4 is 10.0 Å². The van der Waals surface area contributed by atoms with Crippen LogP contribution in [0.4, 0.5) is 0 Å². The molecule has 1 amide bonds. The van der Waals surface area contributed by atoms with E-state index in [1.807, 2.05) is 0 Å². The monoisotopic (exact) mass is 289 g/mol. The second-order valence-electron chi connectivity index (χ2n) is 5.93. The largest absolute Gasteiger partial charge is 0.355 e.